The highest BCUT2D eigenvalue weighted by Crippen LogP contribution is 2.24. The van der Waals surface area contributed by atoms with Crippen LogP contribution in [0.25, 0.3) is 10.9 Å². The normalized spacial score (nSPS) is 15.9. The quantitative estimate of drug-likeness (QED) is 0.477. The molecular weight excluding hydrogens is 400 g/mol. The molecule has 0 spiro atoms. The van der Waals surface area contributed by atoms with Crippen molar-refractivity contribution in [3.05, 3.63) is 40.4 Å². The SMILES string of the molecule is CCCCCCCCCC(=O)N1CCN(C(CC)c2nc3ccccc3c(=O)n2C)CC1. The number of hydrogen-bond donors (Lipinski definition) is 0. The minimum Gasteiger partial charge on any atom is -0.340 e. The van der Waals surface area contributed by atoms with Gasteiger partial charge in [-0.15, -0.1) is 0 Å². The van der Waals surface area contributed by atoms with Gasteiger partial charge in [-0.1, -0.05) is 64.5 Å². The third-order valence-corrected chi connectivity index (χ3v) is 6.80. The van der Waals surface area contributed by atoms with E-state index < -0.39 is 0 Å². The summed E-state index contributed by atoms with van der Waals surface area (Å²) in [5.41, 5.74) is 0.764. The van der Waals surface area contributed by atoms with Crippen LogP contribution in [0.4, 0.5) is 0 Å². The van der Waals surface area contributed by atoms with Crippen LogP contribution in [0.3, 0.4) is 0 Å². The summed E-state index contributed by atoms with van der Waals surface area (Å²) >= 11 is 0. The predicted octanol–water partition coefficient (Wildman–Crippen LogP) is 4.67. The molecule has 6 nitrogen and oxygen atoms in total. The van der Waals surface area contributed by atoms with Crippen LogP contribution in [-0.2, 0) is 11.8 Å². The number of carbonyl (C=O) groups is 1. The van der Waals surface area contributed by atoms with E-state index in [-0.39, 0.29) is 11.6 Å². The summed E-state index contributed by atoms with van der Waals surface area (Å²) in [6.45, 7) is 7.54. The highest BCUT2D eigenvalue weighted by molar-refractivity contribution is 5.77. The van der Waals surface area contributed by atoms with E-state index in [0.717, 1.165) is 56.8 Å². The van der Waals surface area contributed by atoms with Crippen molar-refractivity contribution < 1.29 is 4.79 Å². The van der Waals surface area contributed by atoms with Gasteiger partial charge >= 0.3 is 0 Å². The van der Waals surface area contributed by atoms with Crippen molar-refractivity contribution >= 4 is 16.8 Å². The van der Waals surface area contributed by atoms with Crippen LogP contribution < -0.4 is 5.56 Å². The van der Waals surface area contributed by atoms with Gasteiger partial charge < -0.3 is 4.90 Å². The van der Waals surface area contributed by atoms with Crippen LogP contribution >= 0.6 is 0 Å². The van der Waals surface area contributed by atoms with Crippen molar-refractivity contribution in [3.8, 4) is 0 Å². The van der Waals surface area contributed by atoms with E-state index in [9.17, 15) is 9.59 Å². The Hall–Kier alpha value is -2.21. The van der Waals surface area contributed by atoms with Crippen LogP contribution in [0.1, 0.15) is 83.5 Å². The first-order chi connectivity index (χ1) is 15.6. The molecule has 1 atom stereocenters. The van der Waals surface area contributed by atoms with E-state index in [4.69, 9.17) is 4.98 Å². The van der Waals surface area contributed by atoms with Gasteiger partial charge in [0, 0.05) is 39.6 Å². The number of rotatable bonds is 11. The molecular formula is C26H40N4O2. The molecule has 0 saturated carbocycles. The summed E-state index contributed by atoms with van der Waals surface area (Å²) in [7, 11) is 1.82. The molecule has 2 aromatic rings. The number of hydrogen-bond acceptors (Lipinski definition) is 4. The van der Waals surface area contributed by atoms with E-state index >= 15 is 0 Å². The Morgan fingerprint density at radius 3 is 2.31 bits per heavy atom. The van der Waals surface area contributed by atoms with Gasteiger partial charge in [0.15, 0.2) is 0 Å². The summed E-state index contributed by atoms with van der Waals surface area (Å²) in [5.74, 6) is 1.11. The average molecular weight is 441 g/mol. The highest BCUT2D eigenvalue weighted by atomic mass is 16.2. The topological polar surface area (TPSA) is 58.4 Å². The number of benzene rings is 1. The average Bonchev–Trinajstić information content (AvgIpc) is 2.82. The zero-order chi connectivity index (χ0) is 22.9. The predicted molar refractivity (Wildman–Crippen MR) is 131 cm³/mol. The second-order valence-corrected chi connectivity index (χ2v) is 9.06. The molecule has 1 aliphatic rings. The summed E-state index contributed by atoms with van der Waals surface area (Å²) in [5, 5.41) is 0.661. The zero-order valence-corrected chi connectivity index (χ0v) is 20.2. The molecule has 1 aromatic heterocycles. The Labute approximate surface area is 192 Å². The Morgan fingerprint density at radius 1 is 0.969 bits per heavy atom. The molecule has 2 heterocycles. The second kappa shape index (κ2) is 12.1. The number of amides is 1. The fourth-order valence-corrected chi connectivity index (χ4v) is 4.81. The van der Waals surface area contributed by atoms with E-state index in [1.165, 1.54) is 32.1 Å². The molecule has 1 aliphatic heterocycles. The first-order valence-electron chi connectivity index (χ1n) is 12.5. The zero-order valence-electron chi connectivity index (χ0n) is 20.2. The maximum Gasteiger partial charge on any atom is 0.261 e. The largest absolute Gasteiger partial charge is 0.340 e. The van der Waals surface area contributed by atoms with Crippen molar-refractivity contribution in [1.82, 2.24) is 19.4 Å². The molecule has 0 aliphatic carbocycles. The maximum absolute atomic E-state index is 12.8. The summed E-state index contributed by atoms with van der Waals surface area (Å²) in [6, 6.07) is 7.64. The van der Waals surface area contributed by atoms with E-state index in [1.807, 2.05) is 36.2 Å². The van der Waals surface area contributed by atoms with Gasteiger partial charge in [0.2, 0.25) is 5.91 Å². The van der Waals surface area contributed by atoms with Gasteiger partial charge in [-0.25, -0.2) is 4.98 Å². The summed E-state index contributed by atoms with van der Waals surface area (Å²) in [6.07, 6.45) is 10.2. The van der Waals surface area contributed by atoms with Gasteiger partial charge in [0.25, 0.3) is 5.56 Å². The number of aromatic nitrogens is 2. The number of para-hydroxylation sites is 1. The standard InChI is InChI=1S/C26H40N4O2/c1-4-6-7-8-9-10-11-16-24(31)30-19-17-29(18-20-30)23(5-2)25-27-22-15-13-12-14-21(22)26(32)28(25)3/h12-15,23H,4-11,16-20H2,1-3H3. The summed E-state index contributed by atoms with van der Waals surface area (Å²) in [4.78, 5) is 34.7. The van der Waals surface area contributed by atoms with Crippen molar-refractivity contribution in [2.75, 3.05) is 26.2 Å². The third kappa shape index (κ3) is 5.97. The molecule has 0 radical (unpaired) electrons. The van der Waals surface area contributed by atoms with Crippen LogP contribution in [0.2, 0.25) is 0 Å². The molecule has 6 heteroatoms. The molecule has 3 rings (SSSR count). The second-order valence-electron chi connectivity index (χ2n) is 9.06. The van der Waals surface area contributed by atoms with E-state index in [1.54, 1.807) is 4.57 Å². The van der Waals surface area contributed by atoms with Gasteiger partial charge in [0.1, 0.15) is 5.82 Å². The highest BCUT2D eigenvalue weighted by Gasteiger charge is 2.28. The fourth-order valence-electron chi connectivity index (χ4n) is 4.81. The molecule has 32 heavy (non-hydrogen) atoms. The van der Waals surface area contributed by atoms with Gasteiger partial charge in [-0.05, 0) is 25.0 Å². The Balaban J connectivity index is 1.54. The minimum absolute atomic E-state index is 0.00700. The number of carbonyl (C=O) groups excluding carboxylic acids is 1. The van der Waals surface area contributed by atoms with Crippen LogP contribution in [0.15, 0.2) is 29.1 Å². The van der Waals surface area contributed by atoms with Crippen molar-refractivity contribution in [3.63, 3.8) is 0 Å². The van der Waals surface area contributed by atoms with Gasteiger partial charge in [0.05, 0.1) is 16.9 Å². The Bertz CT molecular complexity index is 931. The Morgan fingerprint density at radius 2 is 1.62 bits per heavy atom. The molecule has 0 N–H and O–H groups in total. The monoisotopic (exact) mass is 440 g/mol. The molecule has 0 bridgehead atoms. The van der Waals surface area contributed by atoms with Crippen LogP contribution in [0.5, 0.6) is 0 Å². The van der Waals surface area contributed by atoms with Crippen molar-refractivity contribution in [1.29, 1.82) is 0 Å². The first kappa shape index (κ1) is 24.4. The first-order valence-corrected chi connectivity index (χ1v) is 12.5. The lowest BCUT2D eigenvalue weighted by Crippen LogP contribution is -2.50. The lowest BCUT2D eigenvalue weighted by molar-refractivity contribution is -0.133. The number of fused-ring (bicyclic) bond motifs is 1. The molecule has 1 unspecified atom stereocenters. The Kier molecular flexibility index (Phi) is 9.27. The number of piperazine rings is 1. The molecule has 1 aromatic carbocycles. The molecule has 1 amide bonds. The lowest BCUT2D eigenvalue weighted by Gasteiger charge is -2.39. The number of nitrogens with zero attached hydrogens (tertiary/aromatic N) is 4. The van der Waals surface area contributed by atoms with Crippen molar-refractivity contribution in [2.45, 2.75) is 77.7 Å². The van der Waals surface area contributed by atoms with E-state index in [2.05, 4.69) is 18.7 Å². The molecule has 1 saturated heterocycles. The van der Waals surface area contributed by atoms with Crippen LogP contribution in [-0.4, -0.2) is 51.4 Å². The third-order valence-electron chi connectivity index (χ3n) is 6.80. The summed E-state index contributed by atoms with van der Waals surface area (Å²) < 4.78 is 1.70. The smallest absolute Gasteiger partial charge is 0.261 e. The fraction of sp³-hybridized carbons (Fsp3) is 0.654. The van der Waals surface area contributed by atoms with Gasteiger partial charge in [-0.3, -0.25) is 19.1 Å². The maximum atomic E-state index is 12.8. The van der Waals surface area contributed by atoms with Gasteiger partial charge in [-0.2, -0.15) is 0 Å². The minimum atomic E-state index is 0.00700. The van der Waals surface area contributed by atoms with Crippen LogP contribution in [0, 0.1) is 0 Å². The lowest BCUT2D eigenvalue weighted by atomic mass is 10.1. The molecule has 1 fully saturated rings. The number of unbranched alkanes of at least 4 members (excludes halogenated alkanes) is 6. The van der Waals surface area contributed by atoms with Crippen molar-refractivity contribution in [2.24, 2.45) is 7.05 Å². The molecule has 176 valence electrons. The van der Waals surface area contributed by atoms with E-state index in [0.29, 0.717) is 17.7 Å².